The molecule has 0 saturated heterocycles. The summed E-state index contributed by atoms with van der Waals surface area (Å²) in [4.78, 5) is 11.4. The molecule has 0 spiro atoms. The highest BCUT2D eigenvalue weighted by Crippen LogP contribution is 2.44. The molecule has 9 heteroatoms. The summed E-state index contributed by atoms with van der Waals surface area (Å²) in [6, 6.07) is 6.22. The maximum absolute atomic E-state index is 11.8. The largest absolute Gasteiger partial charge is 0.467 e. The Morgan fingerprint density at radius 3 is 2.19 bits per heavy atom. The minimum absolute atomic E-state index is 0.0416. The predicted octanol–water partition coefficient (Wildman–Crippen LogP) is 3.47. The lowest BCUT2D eigenvalue weighted by atomic mass is 9.89. The predicted molar refractivity (Wildman–Crippen MR) is 114 cm³/mol. The average molecular weight is 435 g/mol. The van der Waals surface area contributed by atoms with Crippen LogP contribution in [0.15, 0.2) is 24.3 Å². The zero-order chi connectivity index (χ0) is 22.8. The van der Waals surface area contributed by atoms with E-state index in [1.165, 1.54) is 26.4 Å². The van der Waals surface area contributed by atoms with Crippen LogP contribution in [0.2, 0.25) is 0 Å². The molecule has 0 aliphatic carbocycles. The van der Waals surface area contributed by atoms with Crippen molar-refractivity contribution >= 4 is 5.69 Å². The van der Waals surface area contributed by atoms with Crippen LogP contribution in [0.4, 0.5) is 5.69 Å². The van der Waals surface area contributed by atoms with Crippen LogP contribution in [0.1, 0.15) is 23.6 Å². The summed E-state index contributed by atoms with van der Waals surface area (Å²) in [5.41, 5.74) is 3.04. The SMILES string of the molecule is CCc1c(OCOC)cc(OCOC)c(-c2cc(CO)ccc2[N+](=O)[O-])c1CCOC. The van der Waals surface area contributed by atoms with Gasteiger partial charge >= 0.3 is 0 Å². The molecule has 0 bridgehead atoms. The molecule has 0 aromatic heterocycles. The standard InChI is InChI=1S/C22H29NO8/c1-5-16-17(8-9-27-2)22(18-10-15(12-24)6-7-19(18)23(25)26)21(31-14-29-4)11-20(16)30-13-28-3/h6-7,10-11,24H,5,8-9,12-14H2,1-4H3. The number of hydrogen-bond acceptors (Lipinski definition) is 8. The van der Waals surface area contributed by atoms with E-state index in [4.69, 9.17) is 23.7 Å². The first-order valence-corrected chi connectivity index (χ1v) is 9.81. The molecule has 0 heterocycles. The van der Waals surface area contributed by atoms with Gasteiger partial charge in [-0.05, 0) is 41.7 Å². The van der Waals surface area contributed by atoms with Gasteiger partial charge < -0.3 is 28.8 Å². The van der Waals surface area contributed by atoms with Crippen LogP contribution in [0.5, 0.6) is 11.5 Å². The normalized spacial score (nSPS) is 10.9. The third-order valence-electron chi connectivity index (χ3n) is 4.76. The quantitative estimate of drug-likeness (QED) is 0.289. The summed E-state index contributed by atoms with van der Waals surface area (Å²) in [5.74, 6) is 0.931. The highest BCUT2D eigenvalue weighted by atomic mass is 16.7. The number of nitro groups is 1. The highest BCUT2D eigenvalue weighted by Gasteiger charge is 2.26. The van der Waals surface area contributed by atoms with Crippen molar-refractivity contribution in [2.24, 2.45) is 0 Å². The molecule has 0 aliphatic heterocycles. The van der Waals surface area contributed by atoms with Gasteiger partial charge in [-0.15, -0.1) is 0 Å². The van der Waals surface area contributed by atoms with Crippen LogP contribution in [0.25, 0.3) is 11.1 Å². The minimum Gasteiger partial charge on any atom is -0.467 e. The van der Waals surface area contributed by atoms with Gasteiger partial charge in [0.15, 0.2) is 13.6 Å². The molecule has 0 unspecified atom stereocenters. The number of aliphatic hydroxyl groups is 1. The lowest BCUT2D eigenvalue weighted by Crippen LogP contribution is -2.10. The van der Waals surface area contributed by atoms with Gasteiger partial charge in [0, 0.05) is 39.0 Å². The van der Waals surface area contributed by atoms with Crippen molar-refractivity contribution in [2.75, 3.05) is 41.5 Å². The van der Waals surface area contributed by atoms with Crippen molar-refractivity contribution in [1.29, 1.82) is 0 Å². The van der Waals surface area contributed by atoms with Crippen LogP contribution < -0.4 is 9.47 Å². The third kappa shape index (κ3) is 5.92. The first kappa shape index (κ1) is 24.5. The Kier molecular flexibility index (Phi) is 9.67. The van der Waals surface area contributed by atoms with Crippen molar-refractivity contribution in [2.45, 2.75) is 26.4 Å². The number of methoxy groups -OCH3 is 3. The first-order valence-electron chi connectivity index (χ1n) is 9.81. The van der Waals surface area contributed by atoms with E-state index in [9.17, 15) is 15.2 Å². The van der Waals surface area contributed by atoms with Gasteiger partial charge in [0.05, 0.1) is 23.7 Å². The number of nitro benzene ring substituents is 1. The van der Waals surface area contributed by atoms with Gasteiger partial charge in [0.1, 0.15) is 11.5 Å². The molecule has 0 radical (unpaired) electrons. The summed E-state index contributed by atoms with van der Waals surface area (Å²) < 4.78 is 27.0. The molecule has 2 aromatic rings. The summed E-state index contributed by atoms with van der Waals surface area (Å²) in [5, 5.41) is 21.4. The summed E-state index contributed by atoms with van der Waals surface area (Å²) in [6.07, 6.45) is 1.09. The molecule has 9 nitrogen and oxygen atoms in total. The van der Waals surface area contributed by atoms with Gasteiger partial charge in [0.25, 0.3) is 5.69 Å². The van der Waals surface area contributed by atoms with Crippen LogP contribution in [-0.2, 0) is 33.7 Å². The second-order valence-corrected chi connectivity index (χ2v) is 6.67. The number of hydrogen-bond donors (Lipinski definition) is 1. The molecule has 0 aliphatic rings. The Morgan fingerprint density at radius 2 is 1.65 bits per heavy atom. The van der Waals surface area contributed by atoms with Crippen molar-refractivity contribution in [3.63, 3.8) is 0 Å². The van der Waals surface area contributed by atoms with Crippen LogP contribution in [0, 0.1) is 10.1 Å². The molecular formula is C22H29NO8. The number of aliphatic hydroxyl groups excluding tert-OH is 1. The summed E-state index contributed by atoms with van der Waals surface area (Å²) in [6.45, 7) is 2.11. The van der Waals surface area contributed by atoms with E-state index in [2.05, 4.69) is 0 Å². The molecule has 0 saturated carbocycles. The Labute approximate surface area is 181 Å². The molecule has 2 aromatic carbocycles. The molecule has 2 rings (SSSR count). The molecule has 0 atom stereocenters. The zero-order valence-corrected chi connectivity index (χ0v) is 18.3. The lowest BCUT2D eigenvalue weighted by Gasteiger charge is -2.22. The number of nitrogens with zero attached hydrogens (tertiary/aromatic N) is 1. The fourth-order valence-electron chi connectivity index (χ4n) is 3.42. The van der Waals surface area contributed by atoms with E-state index in [-0.39, 0.29) is 25.9 Å². The number of rotatable bonds is 13. The Balaban J connectivity index is 2.89. The molecule has 31 heavy (non-hydrogen) atoms. The maximum atomic E-state index is 11.8. The first-order chi connectivity index (χ1) is 15.0. The minimum atomic E-state index is -0.447. The lowest BCUT2D eigenvalue weighted by molar-refractivity contribution is -0.384. The zero-order valence-electron chi connectivity index (χ0n) is 18.3. The average Bonchev–Trinajstić information content (AvgIpc) is 2.78. The number of ether oxygens (including phenoxy) is 5. The van der Waals surface area contributed by atoms with Crippen molar-refractivity contribution in [1.82, 2.24) is 0 Å². The molecule has 0 fully saturated rings. The fraction of sp³-hybridized carbons (Fsp3) is 0.455. The molecule has 0 amide bonds. The van der Waals surface area contributed by atoms with Gasteiger partial charge in [-0.2, -0.15) is 0 Å². The van der Waals surface area contributed by atoms with E-state index >= 15 is 0 Å². The van der Waals surface area contributed by atoms with Crippen LogP contribution >= 0.6 is 0 Å². The van der Waals surface area contributed by atoms with E-state index in [0.717, 1.165) is 11.1 Å². The topological polar surface area (TPSA) is 110 Å². The Bertz CT molecular complexity index is 884. The van der Waals surface area contributed by atoms with Gasteiger partial charge in [-0.25, -0.2) is 0 Å². The molecule has 1 N–H and O–H groups in total. The smallest absolute Gasteiger partial charge is 0.277 e. The second kappa shape index (κ2) is 12.2. The number of benzene rings is 2. The third-order valence-corrected chi connectivity index (χ3v) is 4.76. The van der Waals surface area contributed by atoms with Crippen LogP contribution in [-0.4, -0.2) is 51.6 Å². The molecular weight excluding hydrogens is 406 g/mol. The van der Waals surface area contributed by atoms with Crippen LogP contribution in [0.3, 0.4) is 0 Å². The van der Waals surface area contributed by atoms with Crippen molar-refractivity contribution in [3.05, 3.63) is 51.1 Å². The Morgan fingerprint density at radius 1 is 0.968 bits per heavy atom. The monoisotopic (exact) mass is 435 g/mol. The van der Waals surface area contributed by atoms with E-state index in [1.54, 1.807) is 19.2 Å². The van der Waals surface area contributed by atoms with E-state index in [1.807, 2.05) is 6.92 Å². The van der Waals surface area contributed by atoms with Crippen molar-refractivity contribution in [3.8, 4) is 22.6 Å². The summed E-state index contributed by atoms with van der Waals surface area (Å²) >= 11 is 0. The van der Waals surface area contributed by atoms with E-state index < -0.39 is 4.92 Å². The molecule has 170 valence electrons. The van der Waals surface area contributed by atoms with Gasteiger partial charge in [-0.1, -0.05) is 6.92 Å². The Hall–Kier alpha value is -2.72. The van der Waals surface area contributed by atoms with E-state index in [0.29, 0.717) is 47.6 Å². The fourth-order valence-corrected chi connectivity index (χ4v) is 3.42. The summed E-state index contributed by atoms with van der Waals surface area (Å²) in [7, 11) is 4.61. The maximum Gasteiger partial charge on any atom is 0.277 e. The van der Waals surface area contributed by atoms with Gasteiger partial charge in [0.2, 0.25) is 0 Å². The highest BCUT2D eigenvalue weighted by molar-refractivity contribution is 5.83. The van der Waals surface area contributed by atoms with Crippen molar-refractivity contribution < 1.29 is 33.7 Å². The van der Waals surface area contributed by atoms with Gasteiger partial charge in [-0.3, -0.25) is 10.1 Å². The second-order valence-electron chi connectivity index (χ2n) is 6.67.